The topological polar surface area (TPSA) is 92.5 Å². The Morgan fingerprint density at radius 1 is 1.41 bits per heavy atom. The van der Waals surface area contributed by atoms with Crippen LogP contribution in [0.1, 0.15) is 30.8 Å². The molecule has 10 heteroatoms. The number of hydrogen-bond donors (Lipinski definition) is 1. The SMILES string of the molecule is Cc1nn(C(F)F)c(C)c1S(=O)(=O)N1CCC[C@@H](C(=O)O)C1. The van der Waals surface area contributed by atoms with E-state index in [1.807, 2.05) is 0 Å². The van der Waals surface area contributed by atoms with E-state index in [-0.39, 0.29) is 29.4 Å². The highest BCUT2D eigenvalue weighted by atomic mass is 32.2. The van der Waals surface area contributed by atoms with Crippen LogP contribution in [-0.4, -0.2) is 46.7 Å². The van der Waals surface area contributed by atoms with E-state index in [1.165, 1.54) is 13.8 Å². The zero-order chi connectivity index (χ0) is 16.7. The molecule has 1 atom stereocenters. The number of piperidine rings is 1. The van der Waals surface area contributed by atoms with Crippen molar-refractivity contribution in [2.75, 3.05) is 13.1 Å². The van der Waals surface area contributed by atoms with Gasteiger partial charge < -0.3 is 5.11 Å². The first-order valence-corrected chi connectivity index (χ1v) is 8.17. The third-order valence-electron chi connectivity index (χ3n) is 3.77. The fourth-order valence-corrected chi connectivity index (χ4v) is 4.59. The monoisotopic (exact) mass is 337 g/mol. The zero-order valence-corrected chi connectivity index (χ0v) is 13.0. The number of nitrogens with zero attached hydrogens (tertiary/aromatic N) is 3. The number of carboxylic acids is 1. The molecule has 1 aliphatic heterocycles. The van der Waals surface area contributed by atoms with E-state index in [0.29, 0.717) is 17.5 Å². The Morgan fingerprint density at radius 3 is 2.55 bits per heavy atom. The highest BCUT2D eigenvalue weighted by molar-refractivity contribution is 7.89. The van der Waals surface area contributed by atoms with E-state index in [4.69, 9.17) is 5.11 Å². The Labute approximate surface area is 126 Å². The summed E-state index contributed by atoms with van der Waals surface area (Å²) in [5.74, 6) is -1.84. The third kappa shape index (κ3) is 2.84. The zero-order valence-electron chi connectivity index (χ0n) is 12.2. The van der Waals surface area contributed by atoms with Gasteiger partial charge in [0.05, 0.1) is 17.3 Å². The third-order valence-corrected chi connectivity index (χ3v) is 5.89. The van der Waals surface area contributed by atoms with Crippen LogP contribution < -0.4 is 0 Å². The van der Waals surface area contributed by atoms with Crippen molar-refractivity contribution in [3.8, 4) is 0 Å². The largest absolute Gasteiger partial charge is 0.481 e. The van der Waals surface area contributed by atoms with Gasteiger partial charge in [-0.05, 0) is 26.7 Å². The Bertz CT molecular complexity index is 687. The predicted octanol–water partition coefficient (Wildman–Crippen LogP) is 1.38. The summed E-state index contributed by atoms with van der Waals surface area (Å²) in [6.45, 7) is -0.313. The maximum Gasteiger partial charge on any atom is 0.333 e. The Kier molecular flexibility index (Phi) is 4.52. The fourth-order valence-electron chi connectivity index (χ4n) is 2.70. The van der Waals surface area contributed by atoms with Crippen LogP contribution in [-0.2, 0) is 14.8 Å². The lowest BCUT2D eigenvalue weighted by atomic mass is 10.0. The summed E-state index contributed by atoms with van der Waals surface area (Å²) < 4.78 is 52.4. The van der Waals surface area contributed by atoms with E-state index < -0.39 is 28.5 Å². The van der Waals surface area contributed by atoms with E-state index in [0.717, 1.165) is 4.31 Å². The Morgan fingerprint density at radius 2 is 2.05 bits per heavy atom. The highest BCUT2D eigenvalue weighted by Crippen LogP contribution is 2.29. The van der Waals surface area contributed by atoms with Gasteiger partial charge in [-0.3, -0.25) is 4.79 Å². The number of aromatic nitrogens is 2. The Balaban J connectivity index is 2.41. The van der Waals surface area contributed by atoms with Gasteiger partial charge in [0.2, 0.25) is 10.0 Å². The number of alkyl halides is 2. The number of aryl methyl sites for hydroxylation is 1. The molecule has 0 saturated carbocycles. The van der Waals surface area contributed by atoms with Crippen molar-refractivity contribution in [1.29, 1.82) is 0 Å². The number of rotatable bonds is 4. The van der Waals surface area contributed by atoms with E-state index >= 15 is 0 Å². The smallest absolute Gasteiger partial charge is 0.333 e. The lowest BCUT2D eigenvalue weighted by molar-refractivity contribution is -0.142. The van der Waals surface area contributed by atoms with E-state index in [2.05, 4.69) is 5.10 Å². The number of carboxylic acid groups (broad SMARTS) is 1. The summed E-state index contributed by atoms with van der Waals surface area (Å²) in [6.07, 6.45) is 0.812. The average Bonchev–Trinajstić information content (AvgIpc) is 2.74. The standard InChI is InChI=1S/C12H17F2N3O4S/c1-7-10(8(2)17(15-7)12(13)14)22(20,21)16-5-3-4-9(6-16)11(18)19/h9,12H,3-6H2,1-2H3,(H,18,19)/t9-/m1/s1. The molecule has 0 radical (unpaired) electrons. The van der Waals surface area contributed by atoms with Crippen molar-refractivity contribution in [2.45, 2.75) is 38.1 Å². The first-order valence-electron chi connectivity index (χ1n) is 6.73. The minimum atomic E-state index is -4.05. The van der Waals surface area contributed by atoms with Crippen LogP contribution in [0.2, 0.25) is 0 Å². The molecule has 7 nitrogen and oxygen atoms in total. The number of hydrogen-bond acceptors (Lipinski definition) is 4. The maximum atomic E-state index is 12.8. The summed E-state index contributed by atoms with van der Waals surface area (Å²) in [6, 6.07) is 0. The van der Waals surface area contributed by atoms with Gasteiger partial charge in [0.25, 0.3) is 0 Å². The molecule has 2 heterocycles. The normalized spacial score (nSPS) is 20.5. The molecule has 1 fully saturated rings. The Hall–Kier alpha value is -1.55. The van der Waals surface area contributed by atoms with Gasteiger partial charge in [0.1, 0.15) is 4.90 Å². The molecule has 1 aliphatic rings. The van der Waals surface area contributed by atoms with Gasteiger partial charge in [-0.25, -0.2) is 13.1 Å². The van der Waals surface area contributed by atoms with Crippen LogP contribution in [0.5, 0.6) is 0 Å². The molecular formula is C12H17F2N3O4S. The van der Waals surface area contributed by atoms with Gasteiger partial charge >= 0.3 is 12.5 Å². The number of sulfonamides is 1. The van der Waals surface area contributed by atoms with Crippen molar-refractivity contribution in [3.05, 3.63) is 11.4 Å². The summed E-state index contributed by atoms with van der Waals surface area (Å²) in [7, 11) is -4.05. The van der Waals surface area contributed by atoms with Crippen molar-refractivity contribution < 1.29 is 27.1 Å². The lowest BCUT2D eigenvalue weighted by Crippen LogP contribution is -2.42. The van der Waals surface area contributed by atoms with E-state index in [9.17, 15) is 22.0 Å². The summed E-state index contributed by atoms with van der Waals surface area (Å²) in [4.78, 5) is 10.8. The molecule has 0 amide bonds. The molecule has 1 aromatic heterocycles. The summed E-state index contributed by atoms with van der Waals surface area (Å²) in [5.41, 5.74) is -0.166. The highest BCUT2D eigenvalue weighted by Gasteiger charge is 2.36. The first-order chi connectivity index (χ1) is 10.2. The van der Waals surface area contributed by atoms with Gasteiger partial charge in [-0.1, -0.05) is 0 Å². The van der Waals surface area contributed by atoms with Crippen LogP contribution in [0, 0.1) is 19.8 Å². The number of carbonyl (C=O) groups is 1. The molecule has 0 unspecified atom stereocenters. The number of aliphatic carboxylic acids is 1. The minimum absolute atomic E-state index is 0.0183. The van der Waals surface area contributed by atoms with Gasteiger partial charge in [0.15, 0.2) is 0 Å². The molecule has 0 bridgehead atoms. The second-order valence-corrected chi connectivity index (χ2v) is 7.14. The summed E-state index contributed by atoms with van der Waals surface area (Å²) in [5, 5.41) is 12.6. The molecule has 22 heavy (non-hydrogen) atoms. The summed E-state index contributed by atoms with van der Waals surface area (Å²) >= 11 is 0. The van der Waals surface area contributed by atoms with Crippen molar-refractivity contribution >= 4 is 16.0 Å². The molecule has 0 aromatic carbocycles. The first kappa shape index (κ1) is 16.8. The van der Waals surface area contributed by atoms with E-state index in [1.54, 1.807) is 0 Å². The quantitative estimate of drug-likeness (QED) is 0.896. The lowest BCUT2D eigenvalue weighted by Gasteiger charge is -2.29. The molecule has 2 rings (SSSR count). The molecule has 124 valence electrons. The molecule has 1 N–H and O–H groups in total. The average molecular weight is 337 g/mol. The number of halogens is 2. The minimum Gasteiger partial charge on any atom is -0.481 e. The van der Waals surface area contributed by atoms with Crippen LogP contribution in [0.4, 0.5) is 8.78 Å². The van der Waals surface area contributed by atoms with Crippen LogP contribution in [0.3, 0.4) is 0 Å². The second kappa shape index (κ2) is 5.92. The molecular weight excluding hydrogens is 320 g/mol. The van der Waals surface area contributed by atoms with Gasteiger partial charge in [-0.15, -0.1) is 0 Å². The van der Waals surface area contributed by atoms with Crippen molar-refractivity contribution in [3.63, 3.8) is 0 Å². The van der Waals surface area contributed by atoms with Crippen LogP contribution in [0.15, 0.2) is 4.90 Å². The molecule has 1 aromatic rings. The fraction of sp³-hybridized carbons (Fsp3) is 0.667. The van der Waals surface area contributed by atoms with Crippen LogP contribution in [0.25, 0.3) is 0 Å². The molecule has 1 saturated heterocycles. The van der Waals surface area contributed by atoms with Crippen molar-refractivity contribution in [2.24, 2.45) is 5.92 Å². The molecule has 0 spiro atoms. The molecule has 0 aliphatic carbocycles. The van der Waals surface area contributed by atoms with Crippen molar-refractivity contribution in [1.82, 2.24) is 14.1 Å². The van der Waals surface area contributed by atoms with Gasteiger partial charge in [-0.2, -0.15) is 18.2 Å². The maximum absolute atomic E-state index is 12.8. The van der Waals surface area contributed by atoms with Crippen LogP contribution >= 0.6 is 0 Å². The second-order valence-electron chi connectivity index (χ2n) is 5.26. The predicted molar refractivity (Wildman–Crippen MR) is 72.1 cm³/mol. The van der Waals surface area contributed by atoms with Gasteiger partial charge in [0, 0.05) is 13.1 Å².